The summed E-state index contributed by atoms with van der Waals surface area (Å²) in [4.78, 5) is 0. The molecule has 0 spiro atoms. The van der Waals surface area contributed by atoms with Crippen molar-refractivity contribution in [3.8, 4) is 16.9 Å². The van der Waals surface area contributed by atoms with Crippen LogP contribution in [0.25, 0.3) is 16.7 Å². The van der Waals surface area contributed by atoms with Crippen LogP contribution in [0.1, 0.15) is 75.5 Å². The van der Waals surface area contributed by atoms with Gasteiger partial charge in [-0.2, -0.15) is 0 Å². The molecular weight excluding hydrogens is 469 g/mol. The van der Waals surface area contributed by atoms with E-state index in [-0.39, 0.29) is 11.6 Å². The van der Waals surface area contributed by atoms with E-state index in [0.717, 1.165) is 67.2 Å². The van der Waals surface area contributed by atoms with Gasteiger partial charge in [0, 0.05) is 5.56 Å². The average Bonchev–Trinajstić information content (AvgIpc) is 2.91. The van der Waals surface area contributed by atoms with E-state index in [1.165, 1.54) is 6.07 Å². The van der Waals surface area contributed by atoms with Gasteiger partial charge in [0.25, 0.3) is 0 Å². The van der Waals surface area contributed by atoms with Crippen molar-refractivity contribution in [3.63, 3.8) is 0 Å². The summed E-state index contributed by atoms with van der Waals surface area (Å²) in [6, 6.07) is 16.3. The quantitative estimate of drug-likeness (QED) is 0.235. The highest BCUT2D eigenvalue weighted by Crippen LogP contribution is 2.33. The number of halogens is 3. The Bertz CT molecular complexity index is 1210. The molecule has 0 aliphatic heterocycles. The molecule has 0 radical (unpaired) electrons. The zero-order valence-corrected chi connectivity index (χ0v) is 22.0. The predicted molar refractivity (Wildman–Crippen MR) is 146 cm³/mol. The maximum atomic E-state index is 14.8. The normalized spacial score (nSPS) is 15.5. The molecular formula is C33H37F3O. The van der Waals surface area contributed by atoms with E-state index in [4.69, 9.17) is 4.74 Å². The number of unbranched alkanes of at least 4 members (excludes halogenated alkanes) is 3. The van der Waals surface area contributed by atoms with Crippen LogP contribution < -0.4 is 4.74 Å². The van der Waals surface area contributed by atoms with E-state index >= 15 is 0 Å². The van der Waals surface area contributed by atoms with Crippen molar-refractivity contribution < 1.29 is 17.9 Å². The fourth-order valence-corrected chi connectivity index (χ4v) is 4.89. The number of allylic oxidation sites excluding steroid dienone is 2. The Morgan fingerprint density at radius 3 is 2.32 bits per heavy atom. The summed E-state index contributed by atoms with van der Waals surface area (Å²) in [6.07, 6.45) is 10.1. The maximum Gasteiger partial charge on any atom is 0.166 e. The van der Waals surface area contributed by atoms with Crippen LogP contribution in [0.3, 0.4) is 0 Å². The molecule has 1 atom stereocenters. The predicted octanol–water partition coefficient (Wildman–Crippen LogP) is 9.72. The van der Waals surface area contributed by atoms with Crippen molar-refractivity contribution in [3.05, 3.63) is 94.8 Å². The molecule has 1 aliphatic carbocycles. The van der Waals surface area contributed by atoms with E-state index in [9.17, 15) is 13.2 Å². The molecule has 196 valence electrons. The molecule has 3 aromatic carbocycles. The summed E-state index contributed by atoms with van der Waals surface area (Å²) >= 11 is 0. The van der Waals surface area contributed by atoms with Gasteiger partial charge in [-0.15, -0.1) is 0 Å². The van der Waals surface area contributed by atoms with Crippen LogP contribution in [0, 0.1) is 23.4 Å². The Hall–Kier alpha value is -3.01. The molecule has 0 fully saturated rings. The van der Waals surface area contributed by atoms with Crippen molar-refractivity contribution >= 4 is 5.57 Å². The van der Waals surface area contributed by atoms with Gasteiger partial charge in [0.2, 0.25) is 0 Å². The third-order valence-corrected chi connectivity index (χ3v) is 7.34. The number of hydrogen-bond donors (Lipinski definition) is 0. The van der Waals surface area contributed by atoms with Gasteiger partial charge in [-0.1, -0.05) is 81.7 Å². The number of benzene rings is 3. The molecule has 1 nitrogen and oxygen atoms in total. The van der Waals surface area contributed by atoms with Crippen LogP contribution in [-0.4, -0.2) is 6.61 Å². The van der Waals surface area contributed by atoms with Crippen LogP contribution >= 0.6 is 0 Å². The topological polar surface area (TPSA) is 9.23 Å². The SMILES string of the molecule is CCCCCCOc1ccc(-c2ccc(CCc3ccc(C4=CCC(C)CC4)c(F)c3F)cc2)cc1F. The number of ether oxygens (including phenoxy) is 1. The van der Waals surface area contributed by atoms with Crippen molar-refractivity contribution in [1.29, 1.82) is 0 Å². The van der Waals surface area contributed by atoms with E-state index in [1.54, 1.807) is 18.2 Å². The minimum atomic E-state index is -0.739. The van der Waals surface area contributed by atoms with Crippen molar-refractivity contribution in [2.75, 3.05) is 6.61 Å². The molecule has 0 heterocycles. The molecule has 37 heavy (non-hydrogen) atoms. The Morgan fingerprint density at radius 2 is 1.62 bits per heavy atom. The van der Waals surface area contributed by atoms with Gasteiger partial charge in [-0.25, -0.2) is 13.2 Å². The lowest BCUT2D eigenvalue weighted by Gasteiger charge is -2.19. The summed E-state index contributed by atoms with van der Waals surface area (Å²) in [5.41, 5.74) is 4.40. The minimum absolute atomic E-state index is 0.284. The molecule has 1 unspecified atom stereocenters. The summed E-state index contributed by atoms with van der Waals surface area (Å²) in [5, 5.41) is 0. The zero-order valence-electron chi connectivity index (χ0n) is 22.0. The van der Waals surface area contributed by atoms with Crippen LogP contribution in [0.4, 0.5) is 13.2 Å². The third-order valence-electron chi connectivity index (χ3n) is 7.34. The Kier molecular flexibility index (Phi) is 9.49. The molecule has 4 rings (SSSR count). The molecule has 1 aliphatic rings. The first-order valence-corrected chi connectivity index (χ1v) is 13.6. The van der Waals surface area contributed by atoms with E-state index < -0.39 is 11.6 Å². The Balaban J connectivity index is 1.35. The highest BCUT2D eigenvalue weighted by Gasteiger charge is 2.19. The third kappa shape index (κ3) is 7.06. The lowest BCUT2D eigenvalue weighted by atomic mass is 9.87. The molecule has 0 aromatic heterocycles. The van der Waals surface area contributed by atoms with Gasteiger partial charge in [-0.05, 0) is 84.4 Å². The fourth-order valence-electron chi connectivity index (χ4n) is 4.89. The van der Waals surface area contributed by atoms with E-state index in [0.29, 0.717) is 36.5 Å². The molecule has 0 N–H and O–H groups in total. The zero-order chi connectivity index (χ0) is 26.2. The highest BCUT2D eigenvalue weighted by molar-refractivity contribution is 5.67. The number of aryl methyl sites for hydroxylation is 2. The molecule has 4 heteroatoms. The molecule has 0 amide bonds. The smallest absolute Gasteiger partial charge is 0.166 e. The van der Waals surface area contributed by atoms with E-state index in [2.05, 4.69) is 13.8 Å². The molecule has 3 aromatic rings. The second kappa shape index (κ2) is 13.0. The van der Waals surface area contributed by atoms with Crippen molar-refractivity contribution in [2.45, 2.75) is 71.6 Å². The van der Waals surface area contributed by atoms with Crippen molar-refractivity contribution in [2.24, 2.45) is 5.92 Å². The van der Waals surface area contributed by atoms with Gasteiger partial charge in [-0.3, -0.25) is 0 Å². The fraction of sp³-hybridized carbons (Fsp3) is 0.394. The minimum Gasteiger partial charge on any atom is -0.491 e. The number of rotatable bonds is 11. The van der Waals surface area contributed by atoms with Crippen LogP contribution in [-0.2, 0) is 12.8 Å². The van der Waals surface area contributed by atoms with E-state index in [1.807, 2.05) is 36.4 Å². The molecule has 0 bridgehead atoms. The summed E-state index contributed by atoms with van der Waals surface area (Å²) in [5.74, 6) is -0.955. The van der Waals surface area contributed by atoms with Crippen LogP contribution in [0.15, 0.2) is 60.7 Å². The first-order valence-electron chi connectivity index (χ1n) is 13.6. The molecule has 0 saturated heterocycles. The van der Waals surface area contributed by atoms with Gasteiger partial charge in [0.1, 0.15) is 0 Å². The summed E-state index contributed by atoms with van der Waals surface area (Å²) in [6.45, 7) is 4.86. The Morgan fingerprint density at radius 1 is 0.838 bits per heavy atom. The largest absolute Gasteiger partial charge is 0.491 e. The average molecular weight is 507 g/mol. The van der Waals surface area contributed by atoms with Crippen molar-refractivity contribution in [1.82, 2.24) is 0 Å². The lowest BCUT2D eigenvalue weighted by Crippen LogP contribution is -2.05. The van der Waals surface area contributed by atoms with Gasteiger partial charge < -0.3 is 4.74 Å². The maximum absolute atomic E-state index is 14.8. The first-order chi connectivity index (χ1) is 18.0. The monoisotopic (exact) mass is 506 g/mol. The standard InChI is InChI=1S/C33H37F3O/c1-3-4-5-6-21-37-31-20-18-28(22-30(31)34)25-14-9-24(10-15-25)11-16-27-17-19-29(33(36)32(27)35)26-12-7-23(2)8-13-26/h9-10,12,14-15,17-20,22-23H,3-8,11,13,16,21H2,1-2H3. The first kappa shape index (κ1) is 27.0. The lowest BCUT2D eigenvalue weighted by molar-refractivity contribution is 0.290. The summed E-state index contributed by atoms with van der Waals surface area (Å²) < 4.78 is 49.8. The Labute approximate surface area is 219 Å². The van der Waals surface area contributed by atoms with Gasteiger partial charge in [0.15, 0.2) is 23.2 Å². The second-order valence-corrected chi connectivity index (χ2v) is 10.3. The van der Waals surface area contributed by atoms with Crippen LogP contribution in [0.5, 0.6) is 5.75 Å². The summed E-state index contributed by atoms with van der Waals surface area (Å²) in [7, 11) is 0. The van der Waals surface area contributed by atoms with Crippen LogP contribution in [0.2, 0.25) is 0 Å². The van der Waals surface area contributed by atoms with Gasteiger partial charge in [0.05, 0.1) is 6.61 Å². The highest BCUT2D eigenvalue weighted by atomic mass is 19.2. The van der Waals surface area contributed by atoms with Gasteiger partial charge >= 0.3 is 0 Å². The molecule has 0 saturated carbocycles. The second-order valence-electron chi connectivity index (χ2n) is 10.3. The number of hydrogen-bond acceptors (Lipinski definition) is 1.